The van der Waals surface area contributed by atoms with Crippen LogP contribution in [0.3, 0.4) is 0 Å². The van der Waals surface area contributed by atoms with Gasteiger partial charge in [0.1, 0.15) is 18.1 Å². The number of halogens is 2. The van der Waals surface area contributed by atoms with E-state index in [-0.39, 0.29) is 0 Å². The number of methoxy groups -OCH3 is 1. The molecule has 0 saturated carbocycles. The molecule has 0 radical (unpaired) electrons. The Morgan fingerprint density at radius 1 is 1.10 bits per heavy atom. The van der Waals surface area contributed by atoms with E-state index in [2.05, 4.69) is 5.32 Å². The van der Waals surface area contributed by atoms with E-state index >= 15 is 0 Å². The van der Waals surface area contributed by atoms with E-state index in [9.17, 15) is 0 Å². The third-order valence-corrected chi connectivity index (χ3v) is 3.18. The highest BCUT2D eigenvalue weighted by Crippen LogP contribution is 2.27. The Balaban J connectivity index is 1.81. The zero-order valence-corrected chi connectivity index (χ0v) is 12.5. The topological polar surface area (TPSA) is 30.5 Å². The predicted molar refractivity (Wildman–Crippen MR) is 83.4 cm³/mol. The fraction of sp³-hybridized carbons (Fsp3) is 0.200. The molecule has 0 spiro atoms. The summed E-state index contributed by atoms with van der Waals surface area (Å²) in [6, 6.07) is 12.9. The van der Waals surface area contributed by atoms with Crippen LogP contribution < -0.4 is 14.8 Å². The summed E-state index contributed by atoms with van der Waals surface area (Å²) < 4.78 is 10.7. The van der Waals surface area contributed by atoms with Crippen LogP contribution in [0.5, 0.6) is 11.5 Å². The molecule has 0 aromatic heterocycles. The molecule has 2 rings (SSSR count). The lowest BCUT2D eigenvalue weighted by Gasteiger charge is -2.10. The highest BCUT2D eigenvalue weighted by atomic mass is 35.5. The summed E-state index contributed by atoms with van der Waals surface area (Å²) in [7, 11) is 1.64. The summed E-state index contributed by atoms with van der Waals surface area (Å²) in [5.41, 5.74) is 0.982. The molecule has 20 heavy (non-hydrogen) atoms. The molecule has 0 aliphatic carbocycles. The van der Waals surface area contributed by atoms with E-state index in [1.54, 1.807) is 25.3 Å². The standard InChI is InChI=1S/C15H15Cl2NO2/c1-19-13-4-2-3-12(10-13)18-7-8-20-15-6-5-11(16)9-14(15)17/h2-6,9-10,18H,7-8H2,1H3. The van der Waals surface area contributed by atoms with Gasteiger partial charge in [-0.05, 0) is 30.3 Å². The van der Waals surface area contributed by atoms with Gasteiger partial charge >= 0.3 is 0 Å². The van der Waals surface area contributed by atoms with E-state index in [4.69, 9.17) is 32.7 Å². The first-order valence-corrected chi connectivity index (χ1v) is 6.90. The molecule has 5 heteroatoms. The maximum Gasteiger partial charge on any atom is 0.138 e. The van der Waals surface area contributed by atoms with E-state index in [0.717, 1.165) is 11.4 Å². The van der Waals surface area contributed by atoms with Crippen molar-refractivity contribution < 1.29 is 9.47 Å². The normalized spacial score (nSPS) is 10.2. The van der Waals surface area contributed by atoms with Crippen LogP contribution in [-0.4, -0.2) is 20.3 Å². The second kappa shape index (κ2) is 7.27. The predicted octanol–water partition coefficient (Wildman–Crippen LogP) is 4.49. The number of rotatable bonds is 6. The molecule has 106 valence electrons. The summed E-state index contributed by atoms with van der Waals surface area (Å²) in [5, 5.41) is 4.35. The Bertz CT molecular complexity index is 576. The van der Waals surface area contributed by atoms with Crippen LogP contribution in [0, 0.1) is 0 Å². The Morgan fingerprint density at radius 3 is 2.70 bits per heavy atom. The van der Waals surface area contributed by atoms with Crippen molar-refractivity contribution in [1.82, 2.24) is 0 Å². The fourth-order valence-corrected chi connectivity index (χ4v) is 2.14. The summed E-state index contributed by atoms with van der Waals surface area (Å²) in [4.78, 5) is 0. The Morgan fingerprint density at radius 2 is 1.95 bits per heavy atom. The fourth-order valence-electron chi connectivity index (χ4n) is 1.68. The van der Waals surface area contributed by atoms with Gasteiger partial charge in [0.05, 0.1) is 12.1 Å². The molecule has 0 unspecified atom stereocenters. The molecule has 0 saturated heterocycles. The Kier molecular flexibility index (Phi) is 5.39. The summed E-state index contributed by atoms with van der Waals surface area (Å²) >= 11 is 11.8. The van der Waals surface area contributed by atoms with E-state index in [1.807, 2.05) is 24.3 Å². The highest BCUT2D eigenvalue weighted by Gasteiger charge is 2.02. The van der Waals surface area contributed by atoms with Crippen molar-refractivity contribution in [3.05, 3.63) is 52.5 Å². The van der Waals surface area contributed by atoms with Gasteiger partial charge in [-0.3, -0.25) is 0 Å². The molecular formula is C15H15Cl2NO2. The van der Waals surface area contributed by atoms with Gasteiger partial charge in [0.25, 0.3) is 0 Å². The van der Waals surface area contributed by atoms with Crippen molar-refractivity contribution in [2.75, 3.05) is 25.6 Å². The van der Waals surface area contributed by atoms with E-state index in [1.165, 1.54) is 0 Å². The maximum atomic E-state index is 6.02. The molecule has 2 aromatic carbocycles. The molecule has 0 aliphatic rings. The smallest absolute Gasteiger partial charge is 0.138 e. The van der Waals surface area contributed by atoms with Crippen LogP contribution in [0.15, 0.2) is 42.5 Å². The monoisotopic (exact) mass is 311 g/mol. The first-order chi connectivity index (χ1) is 9.69. The Labute approximate surface area is 128 Å². The molecule has 3 nitrogen and oxygen atoms in total. The second-order valence-electron chi connectivity index (χ2n) is 4.08. The molecule has 2 aromatic rings. The minimum atomic E-state index is 0.499. The van der Waals surface area contributed by atoms with Gasteiger partial charge in [0, 0.05) is 23.3 Å². The lowest BCUT2D eigenvalue weighted by Crippen LogP contribution is -2.11. The number of benzene rings is 2. The number of nitrogens with one attached hydrogen (secondary N) is 1. The number of hydrogen-bond donors (Lipinski definition) is 1. The number of hydrogen-bond acceptors (Lipinski definition) is 3. The van der Waals surface area contributed by atoms with Crippen LogP contribution in [0.1, 0.15) is 0 Å². The van der Waals surface area contributed by atoms with Gasteiger partial charge in [0.15, 0.2) is 0 Å². The first-order valence-electron chi connectivity index (χ1n) is 6.15. The minimum Gasteiger partial charge on any atom is -0.497 e. The van der Waals surface area contributed by atoms with Crippen LogP contribution in [0.2, 0.25) is 10.0 Å². The van der Waals surface area contributed by atoms with E-state index in [0.29, 0.717) is 28.9 Å². The molecule has 1 N–H and O–H groups in total. The SMILES string of the molecule is COc1cccc(NCCOc2ccc(Cl)cc2Cl)c1. The third-order valence-electron chi connectivity index (χ3n) is 2.65. The molecule has 0 atom stereocenters. The highest BCUT2D eigenvalue weighted by molar-refractivity contribution is 6.35. The van der Waals surface area contributed by atoms with Gasteiger partial charge in [-0.1, -0.05) is 29.3 Å². The average Bonchev–Trinajstić information content (AvgIpc) is 2.45. The number of anilines is 1. The summed E-state index contributed by atoms with van der Waals surface area (Å²) in [6.07, 6.45) is 0. The Hall–Kier alpha value is -1.58. The van der Waals surface area contributed by atoms with Crippen molar-refractivity contribution in [3.8, 4) is 11.5 Å². The molecule has 0 fully saturated rings. The molecule has 0 aliphatic heterocycles. The average molecular weight is 312 g/mol. The van der Waals surface area contributed by atoms with Crippen molar-refractivity contribution in [2.24, 2.45) is 0 Å². The van der Waals surface area contributed by atoms with Crippen molar-refractivity contribution >= 4 is 28.9 Å². The maximum absolute atomic E-state index is 6.02. The lowest BCUT2D eigenvalue weighted by molar-refractivity contribution is 0.333. The van der Waals surface area contributed by atoms with E-state index < -0.39 is 0 Å². The third kappa shape index (κ3) is 4.22. The van der Waals surface area contributed by atoms with Gasteiger partial charge < -0.3 is 14.8 Å². The summed E-state index contributed by atoms with van der Waals surface area (Å²) in [6.45, 7) is 1.16. The van der Waals surface area contributed by atoms with Gasteiger partial charge in [-0.25, -0.2) is 0 Å². The van der Waals surface area contributed by atoms with Crippen molar-refractivity contribution in [1.29, 1.82) is 0 Å². The van der Waals surface area contributed by atoms with Gasteiger partial charge in [0.2, 0.25) is 0 Å². The van der Waals surface area contributed by atoms with Crippen molar-refractivity contribution in [2.45, 2.75) is 0 Å². The summed E-state index contributed by atoms with van der Waals surface area (Å²) in [5.74, 6) is 1.44. The number of ether oxygens (including phenoxy) is 2. The zero-order valence-electron chi connectivity index (χ0n) is 11.0. The molecular weight excluding hydrogens is 297 g/mol. The minimum absolute atomic E-state index is 0.499. The lowest BCUT2D eigenvalue weighted by atomic mass is 10.3. The molecule has 0 amide bonds. The van der Waals surface area contributed by atoms with Gasteiger partial charge in [-0.2, -0.15) is 0 Å². The van der Waals surface area contributed by atoms with Crippen LogP contribution in [0.25, 0.3) is 0 Å². The van der Waals surface area contributed by atoms with Crippen LogP contribution >= 0.6 is 23.2 Å². The van der Waals surface area contributed by atoms with Crippen LogP contribution in [-0.2, 0) is 0 Å². The van der Waals surface area contributed by atoms with Crippen molar-refractivity contribution in [3.63, 3.8) is 0 Å². The zero-order chi connectivity index (χ0) is 14.4. The largest absolute Gasteiger partial charge is 0.497 e. The first kappa shape index (κ1) is 14.8. The quantitative estimate of drug-likeness (QED) is 0.797. The van der Waals surface area contributed by atoms with Gasteiger partial charge in [-0.15, -0.1) is 0 Å². The van der Waals surface area contributed by atoms with Crippen LogP contribution in [0.4, 0.5) is 5.69 Å². The molecule has 0 bridgehead atoms. The molecule has 0 heterocycles. The second-order valence-corrected chi connectivity index (χ2v) is 4.93.